The summed E-state index contributed by atoms with van der Waals surface area (Å²) >= 11 is 0. The normalized spacial score (nSPS) is 26.2. The third-order valence-electron chi connectivity index (χ3n) is 2.49. The van der Waals surface area contributed by atoms with Crippen LogP contribution in [0.15, 0.2) is 12.3 Å². The number of carbonyl (C=O) groups is 1. The summed E-state index contributed by atoms with van der Waals surface area (Å²) in [6.45, 7) is 9.44. The molecular formula is C12H20O4. The van der Waals surface area contributed by atoms with Gasteiger partial charge in [-0.3, -0.25) is 4.79 Å². The first-order valence-corrected chi connectivity index (χ1v) is 5.64. The van der Waals surface area contributed by atoms with Gasteiger partial charge in [-0.2, -0.15) is 0 Å². The topological polar surface area (TPSA) is 44.8 Å². The molecule has 1 saturated heterocycles. The maximum atomic E-state index is 10.9. The molecule has 92 valence electrons. The average Bonchev–Trinajstić information content (AvgIpc) is 2.61. The Kier molecular flexibility index (Phi) is 4.80. The van der Waals surface area contributed by atoms with Gasteiger partial charge in [0.1, 0.15) is 12.2 Å². The molecule has 4 heteroatoms. The number of rotatable bonds is 5. The van der Waals surface area contributed by atoms with E-state index in [2.05, 4.69) is 6.58 Å². The summed E-state index contributed by atoms with van der Waals surface area (Å²) in [5.41, 5.74) is 0. The molecule has 0 spiro atoms. The van der Waals surface area contributed by atoms with Gasteiger partial charge in [0.05, 0.1) is 18.5 Å². The van der Waals surface area contributed by atoms with Gasteiger partial charge < -0.3 is 14.2 Å². The van der Waals surface area contributed by atoms with Crippen molar-refractivity contribution >= 4 is 5.97 Å². The Hall–Kier alpha value is -1.03. The zero-order valence-electron chi connectivity index (χ0n) is 10.2. The van der Waals surface area contributed by atoms with E-state index in [9.17, 15) is 4.79 Å². The molecule has 0 aromatic rings. The number of ether oxygens (including phenoxy) is 3. The van der Waals surface area contributed by atoms with Gasteiger partial charge in [-0.05, 0) is 13.3 Å². The first-order valence-electron chi connectivity index (χ1n) is 5.64. The Morgan fingerprint density at radius 1 is 1.56 bits per heavy atom. The molecule has 0 N–H and O–H groups in total. The minimum Gasteiger partial charge on any atom is -0.493 e. The molecule has 0 radical (unpaired) electrons. The molecule has 0 aromatic carbocycles. The quantitative estimate of drug-likeness (QED) is 0.533. The Balaban J connectivity index is 2.43. The minimum atomic E-state index is -0.264. The lowest BCUT2D eigenvalue weighted by atomic mass is 10.1. The number of hydrogen-bond donors (Lipinski definition) is 0. The summed E-state index contributed by atoms with van der Waals surface area (Å²) < 4.78 is 16.3. The van der Waals surface area contributed by atoms with Crippen LogP contribution in [0, 0.1) is 0 Å². The lowest BCUT2D eigenvalue weighted by molar-refractivity contribution is -0.153. The predicted octanol–water partition coefficient (Wildman–Crippen LogP) is 2.04. The van der Waals surface area contributed by atoms with E-state index in [1.54, 1.807) is 0 Å². The lowest BCUT2D eigenvalue weighted by Gasteiger charge is -2.21. The van der Waals surface area contributed by atoms with Crippen LogP contribution in [-0.2, 0) is 19.0 Å². The fourth-order valence-corrected chi connectivity index (χ4v) is 1.89. The van der Waals surface area contributed by atoms with Crippen LogP contribution in [0.2, 0.25) is 0 Å². The lowest BCUT2D eigenvalue weighted by Crippen LogP contribution is -2.30. The maximum Gasteiger partial charge on any atom is 0.302 e. The molecule has 0 aromatic heterocycles. The van der Waals surface area contributed by atoms with Crippen molar-refractivity contribution in [3.05, 3.63) is 12.3 Å². The summed E-state index contributed by atoms with van der Waals surface area (Å²) in [6.07, 6.45) is 1.31. The number of allylic oxidation sites excluding steroid dienone is 1. The first-order chi connectivity index (χ1) is 7.52. The molecule has 1 aliphatic rings. The van der Waals surface area contributed by atoms with Crippen LogP contribution in [0.1, 0.15) is 33.6 Å². The molecule has 0 amide bonds. The monoisotopic (exact) mass is 228 g/mol. The van der Waals surface area contributed by atoms with E-state index < -0.39 is 0 Å². The summed E-state index contributed by atoms with van der Waals surface area (Å²) in [5, 5.41) is 0. The highest BCUT2D eigenvalue weighted by Crippen LogP contribution is 2.23. The molecule has 0 saturated carbocycles. The van der Waals surface area contributed by atoms with Crippen molar-refractivity contribution < 1.29 is 19.0 Å². The highest BCUT2D eigenvalue weighted by molar-refractivity contribution is 5.66. The van der Waals surface area contributed by atoms with E-state index in [0.717, 1.165) is 12.8 Å². The second-order valence-corrected chi connectivity index (χ2v) is 4.11. The highest BCUT2D eigenvalue weighted by atomic mass is 16.6. The molecule has 4 nitrogen and oxygen atoms in total. The van der Waals surface area contributed by atoms with E-state index >= 15 is 0 Å². The maximum absolute atomic E-state index is 10.9. The van der Waals surface area contributed by atoms with Crippen LogP contribution in [0.4, 0.5) is 0 Å². The average molecular weight is 228 g/mol. The van der Waals surface area contributed by atoms with Crippen molar-refractivity contribution in [1.82, 2.24) is 0 Å². The second-order valence-electron chi connectivity index (χ2n) is 4.11. The summed E-state index contributed by atoms with van der Waals surface area (Å²) in [7, 11) is 0. The summed E-state index contributed by atoms with van der Waals surface area (Å²) in [4.78, 5) is 10.9. The third-order valence-corrected chi connectivity index (χ3v) is 2.49. The summed E-state index contributed by atoms with van der Waals surface area (Å²) in [6, 6.07) is 0. The molecule has 1 aliphatic heterocycles. The second kappa shape index (κ2) is 5.89. The molecule has 0 aliphatic carbocycles. The Labute approximate surface area is 96.6 Å². The van der Waals surface area contributed by atoms with Gasteiger partial charge in [-0.1, -0.05) is 13.5 Å². The van der Waals surface area contributed by atoms with Crippen LogP contribution in [0.5, 0.6) is 0 Å². The van der Waals surface area contributed by atoms with Crippen LogP contribution in [0.3, 0.4) is 0 Å². The molecule has 1 heterocycles. The van der Waals surface area contributed by atoms with Crippen molar-refractivity contribution in [2.45, 2.75) is 51.9 Å². The van der Waals surface area contributed by atoms with Gasteiger partial charge in [-0.15, -0.1) is 0 Å². The van der Waals surface area contributed by atoms with Crippen LogP contribution < -0.4 is 0 Å². The summed E-state index contributed by atoms with van der Waals surface area (Å²) in [5.74, 6) is 0.425. The zero-order valence-corrected chi connectivity index (χ0v) is 10.2. The van der Waals surface area contributed by atoms with E-state index in [0.29, 0.717) is 12.4 Å². The smallest absolute Gasteiger partial charge is 0.302 e. The zero-order chi connectivity index (χ0) is 12.1. The van der Waals surface area contributed by atoms with Gasteiger partial charge in [0.2, 0.25) is 0 Å². The van der Waals surface area contributed by atoms with Crippen LogP contribution >= 0.6 is 0 Å². The molecule has 16 heavy (non-hydrogen) atoms. The van der Waals surface area contributed by atoms with Crippen molar-refractivity contribution in [2.75, 3.05) is 6.61 Å². The van der Waals surface area contributed by atoms with Crippen molar-refractivity contribution in [3.63, 3.8) is 0 Å². The predicted molar refractivity (Wildman–Crippen MR) is 59.9 cm³/mol. The molecular weight excluding hydrogens is 208 g/mol. The van der Waals surface area contributed by atoms with Crippen molar-refractivity contribution in [2.24, 2.45) is 0 Å². The van der Waals surface area contributed by atoms with Gasteiger partial charge in [-0.25, -0.2) is 0 Å². The molecule has 0 bridgehead atoms. The van der Waals surface area contributed by atoms with Crippen molar-refractivity contribution in [1.29, 1.82) is 0 Å². The fraction of sp³-hybridized carbons (Fsp3) is 0.750. The standard InChI is InChI=1S/C12H20O4/c1-5-11(16-9(4)13)12-6-10(7-14-12)15-8(2)3/h10-12H,2,5-7H2,1,3-4H3/t10-,11+,12+/m1/s1. The van der Waals surface area contributed by atoms with E-state index in [-0.39, 0.29) is 24.3 Å². The largest absolute Gasteiger partial charge is 0.493 e. The van der Waals surface area contributed by atoms with E-state index in [1.165, 1.54) is 6.92 Å². The van der Waals surface area contributed by atoms with Gasteiger partial charge in [0, 0.05) is 13.3 Å². The Bertz CT molecular complexity index is 262. The van der Waals surface area contributed by atoms with Gasteiger partial charge in [0.15, 0.2) is 0 Å². The third kappa shape index (κ3) is 3.85. The fourth-order valence-electron chi connectivity index (χ4n) is 1.89. The molecule has 1 rings (SSSR count). The Morgan fingerprint density at radius 2 is 2.25 bits per heavy atom. The van der Waals surface area contributed by atoms with E-state index in [4.69, 9.17) is 14.2 Å². The van der Waals surface area contributed by atoms with Crippen LogP contribution in [-0.4, -0.2) is 30.9 Å². The van der Waals surface area contributed by atoms with E-state index in [1.807, 2.05) is 13.8 Å². The molecule has 0 unspecified atom stereocenters. The van der Waals surface area contributed by atoms with Crippen LogP contribution in [0.25, 0.3) is 0 Å². The minimum absolute atomic E-state index is 0.0344. The highest BCUT2D eigenvalue weighted by Gasteiger charge is 2.33. The molecule has 1 fully saturated rings. The van der Waals surface area contributed by atoms with Gasteiger partial charge in [0.25, 0.3) is 0 Å². The van der Waals surface area contributed by atoms with Crippen molar-refractivity contribution in [3.8, 4) is 0 Å². The first kappa shape index (κ1) is 13.0. The number of esters is 1. The molecule has 3 atom stereocenters. The SMILES string of the molecule is C=C(C)O[C@H]1CO[C@H]([C@H](CC)OC(C)=O)C1. The van der Waals surface area contributed by atoms with Gasteiger partial charge >= 0.3 is 5.97 Å². The Morgan fingerprint density at radius 3 is 2.75 bits per heavy atom. The number of hydrogen-bond acceptors (Lipinski definition) is 4. The number of carbonyl (C=O) groups excluding carboxylic acids is 1.